The number of benzene rings is 2. The number of hydrogen-bond donors (Lipinski definition) is 1. The monoisotopic (exact) mass is 399 g/mol. The molecule has 2 heterocycles. The number of piperazine rings is 1. The highest BCUT2D eigenvalue weighted by Gasteiger charge is 2.29. The summed E-state index contributed by atoms with van der Waals surface area (Å²) >= 11 is 1.74. The summed E-state index contributed by atoms with van der Waals surface area (Å²) in [5.41, 5.74) is 2.13. The van der Waals surface area contributed by atoms with Gasteiger partial charge in [-0.15, -0.1) is 11.3 Å². The topological polar surface area (TPSA) is 55.9 Å². The van der Waals surface area contributed by atoms with Crippen LogP contribution in [0.1, 0.15) is 16.6 Å². The molecule has 6 nitrogen and oxygen atoms in total. The van der Waals surface area contributed by atoms with Gasteiger partial charge in [0, 0.05) is 26.2 Å². The largest absolute Gasteiger partial charge is 0.493 e. The number of fused-ring (bicyclic) bond motifs is 1. The van der Waals surface area contributed by atoms with E-state index in [0.717, 1.165) is 42.3 Å². The lowest BCUT2D eigenvalue weighted by Crippen LogP contribution is -2.45. The third-order valence-corrected chi connectivity index (χ3v) is 6.15. The third kappa shape index (κ3) is 3.53. The van der Waals surface area contributed by atoms with Crippen molar-refractivity contribution in [3.8, 4) is 17.2 Å². The quantitative estimate of drug-likeness (QED) is 0.686. The number of rotatable bonds is 6. The zero-order chi connectivity index (χ0) is 19.5. The number of ether oxygens (including phenoxy) is 3. The zero-order valence-electron chi connectivity index (χ0n) is 16.4. The molecule has 1 unspecified atom stereocenters. The van der Waals surface area contributed by atoms with Gasteiger partial charge in [-0.3, -0.25) is 4.90 Å². The molecular formula is C21H25N3O3S. The highest BCUT2D eigenvalue weighted by molar-refractivity contribution is 7.18. The Bertz CT molecular complexity index is 895. The highest BCUT2D eigenvalue weighted by Crippen LogP contribution is 2.43. The van der Waals surface area contributed by atoms with Gasteiger partial charge in [0.25, 0.3) is 0 Å². The van der Waals surface area contributed by atoms with Crippen LogP contribution in [0, 0.1) is 0 Å². The second-order valence-corrected chi connectivity index (χ2v) is 7.73. The summed E-state index contributed by atoms with van der Waals surface area (Å²) in [6.07, 6.45) is 0. The minimum atomic E-state index is 0.0354. The maximum atomic E-state index is 5.60. The molecule has 0 saturated carbocycles. The Kier molecular flexibility index (Phi) is 5.66. The van der Waals surface area contributed by atoms with E-state index in [0.29, 0.717) is 17.2 Å². The van der Waals surface area contributed by atoms with Gasteiger partial charge in [-0.1, -0.05) is 12.1 Å². The molecule has 0 aliphatic carbocycles. The average molecular weight is 400 g/mol. The molecular weight excluding hydrogens is 374 g/mol. The van der Waals surface area contributed by atoms with Crippen molar-refractivity contribution in [2.45, 2.75) is 6.04 Å². The van der Waals surface area contributed by atoms with E-state index < -0.39 is 0 Å². The second kappa shape index (κ2) is 8.34. The van der Waals surface area contributed by atoms with Crippen molar-refractivity contribution in [3.05, 3.63) is 47.0 Å². The fourth-order valence-corrected chi connectivity index (χ4v) is 4.85. The van der Waals surface area contributed by atoms with Gasteiger partial charge in [0.1, 0.15) is 5.01 Å². The van der Waals surface area contributed by atoms with Crippen molar-refractivity contribution in [2.75, 3.05) is 47.5 Å². The van der Waals surface area contributed by atoms with Crippen LogP contribution in [0.3, 0.4) is 0 Å². The fraction of sp³-hybridized carbons (Fsp3) is 0.381. The summed E-state index contributed by atoms with van der Waals surface area (Å²) in [6, 6.07) is 12.4. The van der Waals surface area contributed by atoms with Crippen LogP contribution in [0.15, 0.2) is 36.4 Å². The van der Waals surface area contributed by atoms with Crippen LogP contribution in [0.5, 0.6) is 17.2 Å². The molecule has 1 N–H and O–H groups in total. The van der Waals surface area contributed by atoms with Crippen LogP contribution < -0.4 is 19.5 Å². The minimum Gasteiger partial charge on any atom is -0.493 e. The summed E-state index contributed by atoms with van der Waals surface area (Å²) in [5.74, 6) is 1.94. The molecule has 1 aromatic heterocycles. The molecule has 28 heavy (non-hydrogen) atoms. The molecule has 0 radical (unpaired) electrons. The summed E-state index contributed by atoms with van der Waals surface area (Å²) in [4.78, 5) is 7.43. The Morgan fingerprint density at radius 2 is 1.68 bits per heavy atom. The number of thiazole rings is 1. The van der Waals surface area contributed by atoms with Crippen LogP contribution in [0.4, 0.5) is 0 Å². The van der Waals surface area contributed by atoms with E-state index in [4.69, 9.17) is 19.2 Å². The summed E-state index contributed by atoms with van der Waals surface area (Å²) < 4.78 is 17.9. The lowest BCUT2D eigenvalue weighted by Gasteiger charge is -2.34. The molecule has 4 rings (SSSR count). The predicted molar refractivity (Wildman–Crippen MR) is 112 cm³/mol. The predicted octanol–water partition coefficient (Wildman–Crippen LogP) is 3.32. The fourth-order valence-electron chi connectivity index (χ4n) is 3.72. The first-order valence-corrected chi connectivity index (χ1v) is 10.2. The molecule has 0 amide bonds. The van der Waals surface area contributed by atoms with Crippen molar-refractivity contribution in [1.29, 1.82) is 0 Å². The van der Waals surface area contributed by atoms with E-state index >= 15 is 0 Å². The van der Waals surface area contributed by atoms with E-state index in [-0.39, 0.29) is 6.04 Å². The summed E-state index contributed by atoms with van der Waals surface area (Å²) in [5, 5.41) is 4.52. The van der Waals surface area contributed by atoms with Gasteiger partial charge in [-0.05, 0) is 29.8 Å². The maximum absolute atomic E-state index is 5.60. The molecule has 7 heteroatoms. The Hall–Kier alpha value is -2.35. The zero-order valence-corrected chi connectivity index (χ0v) is 17.2. The normalized spacial score (nSPS) is 16.1. The van der Waals surface area contributed by atoms with Gasteiger partial charge in [-0.25, -0.2) is 4.98 Å². The van der Waals surface area contributed by atoms with Gasteiger partial charge in [0.05, 0.1) is 37.6 Å². The van der Waals surface area contributed by atoms with Crippen LogP contribution in [0.25, 0.3) is 10.2 Å². The average Bonchev–Trinajstić information content (AvgIpc) is 3.17. The van der Waals surface area contributed by atoms with Crippen LogP contribution in [0.2, 0.25) is 0 Å². The number of hydrogen-bond acceptors (Lipinski definition) is 7. The highest BCUT2D eigenvalue weighted by atomic mass is 32.1. The molecule has 0 spiro atoms. The van der Waals surface area contributed by atoms with Crippen molar-refractivity contribution in [2.24, 2.45) is 0 Å². The van der Waals surface area contributed by atoms with Crippen LogP contribution >= 0.6 is 11.3 Å². The molecule has 148 valence electrons. The van der Waals surface area contributed by atoms with Crippen LogP contribution in [-0.4, -0.2) is 57.4 Å². The van der Waals surface area contributed by atoms with Gasteiger partial charge >= 0.3 is 0 Å². The molecule has 1 fully saturated rings. The third-order valence-electron chi connectivity index (χ3n) is 5.06. The van der Waals surface area contributed by atoms with E-state index in [1.54, 1.807) is 32.7 Å². The van der Waals surface area contributed by atoms with Gasteiger partial charge < -0.3 is 19.5 Å². The first-order chi connectivity index (χ1) is 13.7. The number of nitrogens with zero attached hydrogens (tertiary/aromatic N) is 2. The molecule has 3 aromatic rings. The molecule has 1 aliphatic heterocycles. The van der Waals surface area contributed by atoms with Gasteiger partial charge in [0.2, 0.25) is 5.75 Å². The Morgan fingerprint density at radius 1 is 1.00 bits per heavy atom. The second-order valence-electron chi connectivity index (χ2n) is 6.67. The Balaban J connectivity index is 1.85. The lowest BCUT2D eigenvalue weighted by molar-refractivity contribution is 0.197. The van der Waals surface area contributed by atoms with Gasteiger partial charge in [-0.2, -0.15) is 0 Å². The van der Waals surface area contributed by atoms with E-state index in [9.17, 15) is 0 Å². The smallest absolute Gasteiger partial charge is 0.203 e. The van der Waals surface area contributed by atoms with E-state index in [1.807, 2.05) is 18.2 Å². The molecule has 1 saturated heterocycles. The van der Waals surface area contributed by atoms with E-state index in [1.165, 1.54) is 4.70 Å². The summed E-state index contributed by atoms with van der Waals surface area (Å²) in [6.45, 7) is 3.84. The first-order valence-electron chi connectivity index (χ1n) is 9.35. The molecule has 0 bridgehead atoms. The maximum Gasteiger partial charge on any atom is 0.203 e. The standard InChI is InChI=1S/C21H25N3O3S/c1-25-16-12-14(13-17(26-2)20(16)27-3)19(24-10-8-22-9-11-24)21-23-15-6-4-5-7-18(15)28-21/h4-7,12-13,19,22H,8-11H2,1-3H3. The Labute approximate surface area is 169 Å². The molecule has 2 aromatic carbocycles. The first kappa shape index (κ1) is 19.0. The number of para-hydroxylation sites is 1. The lowest BCUT2D eigenvalue weighted by atomic mass is 10.0. The summed E-state index contributed by atoms with van der Waals surface area (Å²) in [7, 11) is 4.93. The SMILES string of the molecule is COc1cc(C(c2nc3ccccc3s2)N2CCNCC2)cc(OC)c1OC. The molecule has 1 atom stereocenters. The Morgan fingerprint density at radius 3 is 2.29 bits per heavy atom. The van der Waals surface area contributed by atoms with Crippen molar-refractivity contribution < 1.29 is 14.2 Å². The van der Waals surface area contributed by atoms with E-state index in [2.05, 4.69) is 28.4 Å². The number of methoxy groups -OCH3 is 3. The van der Waals surface area contributed by atoms with Crippen molar-refractivity contribution >= 4 is 21.6 Å². The van der Waals surface area contributed by atoms with Crippen molar-refractivity contribution in [1.82, 2.24) is 15.2 Å². The van der Waals surface area contributed by atoms with Crippen molar-refractivity contribution in [3.63, 3.8) is 0 Å². The number of aromatic nitrogens is 1. The number of nitrogens with one attached hydrogen (secondary N) is 1. The molecule has 1 aliphatic rings. The van der Waals surface area contributed by atoms with Crippen LogP contribution in [-0.2, 0) is 0 Å². The van der Waals surface area contributed by atoms with Gasteiger partial charge in [0.15, 0.2) is 11.5 Å². The minimum absolute atomic E-state index is 0.0354.